The van der Waals surface area contributed by atoms with Crippen molar-refractivity contribution in [3.05, 3.63) is 12.2 Å². The van der Waals surface area contributed by atoms with E-state index in [-0.39, 0.29) is 5.78 Å². The lowest BCUT2D eigenvalue weighted by Crippen LogP contribution is -2.44. The summed E-state index contributed by atoms with van der Waals surface area (Å²) in [6.07, 6.45) is 6.67. The van der Waals surface area contributed by atoms with E-state index in [1.165, 1.54) is 14.0 Å². The molecule has 0 spiro atoms. The van der Waals surface area contributed by atoms with E-state index in [1.54, 1.807) is 26.8 Å². The molecular formula is C17H29NO5. The highest BCUT2D eigenvalue weighted by Gasteiger charge is 2.24. The summed E-state index contributed by atoms with van der Waals surface area (Å²) in [7, 11) is 1.29. The zero-order chi connectivity index (χ0) is 17.9. The van der Waals surface area contributed by atoms with Gasteiger partial charge in [-0.1, -0.05) is 18.9 Å². The minimum Gasteiger partial charge on any atom is -0.467 e. The number of allylic oxidation sites excluding steroid dienone is 2. The van der Waals surface area contributed by atoms with E-state index >= 15 is 0 Å². The van der Waals surface area contributed by atoms with Crippen LogP contribution in [0.25, 0.3) is 0 Å². The quantitative estimate of drug-likeness (QED) is 0.400. The summed E-state index contributed by atoms with van der Waals surface area (Å²) in [5, 5.41) is 2.55. The fourth-order valence-corrected chi connectivity index (χ4v) is 1.88. The number of carbonyl (C=O) groups excluding carboxylic acids is 3. The molecule has 6 heteroatoms. The fraction of sp³-hybridized carbons (Fsp3) is 0.706. The van der Waals surface area contributed by atoms with Gasteiger partial charge < -0.3 is 14.8 Å². The van der Waals surface area contributed by atoms with E-state index in [1.807, 2.05) is 6.08 Å². The smallest absolute Gasteiger partial charge is 0.408 e. The number of hydrogen-bond acceptors (Lipinski definition) is 5. The molecule has 0 aliphatic carbocycles. The third-order valence-electron chi connectivity index (χ3n) is 2.89. The first-order valence-corrected chi connectivity index (χ1v) is 7.90. The number of carbonyl (C=O) groups is 3. The van der Waals surface area contributed by atoms with Gasteiger partial charge in [-0.25, -0.2) is 9.59 Å². The third-order valence-corrected chi connectivity index (χ3v) is 2.89. The molecule has 0 aromatic rings. The molecule has 0 radical (unpaired) electrons. The number of methoxy groups -OCH3 is 1. The molecule has 23 heavy (non-hydrogen) atoms. The third kappa shape index (κ3) is 12.4. The maximum absolute atomic E-state index is 11.7. The van der Waals surface area contributed by atoms with Crippen molar-refractivity contribution < 1.29 is 23.9 Å². The van der Waals surface area contributed by atoms with Crippen LogP contribution < -0.4 is 5.32 Å². The molecule has 1 unspecified atom stereocenters. The minimum atomic E-state index is -0.706. The lowest BCUT2D eigenvalue weighted by Gasteiger charge is -2.22. The van der Waals surface area contributed by atoms with Crippen molar-refractivity contribution in [3.63, 3.8) is 0 Å². The topological polar surface area (TPSA) is 81.7 Å². The molecule has 0 aromatic carbocycles. The first kappa shape index (κ1) is 21.1. The molecule has 1 atom stereocenters. The van der Waals surface area contributed by atoms with Crippen molar-refractivity contribution in [3.8, 4) is 0 Å². The predicted octanol–water partition coefficient (Wildman–Crippen LogP) is 3.15. The number of alkyl carbamates (subject to hydrolysis) is 1. The molecule has 6 nitrogen and oxygen atoms in total. The van der Waals surface area contributed by atoms with Crippen LogP contribution >= 0.6 is 0 Å². The molecule has 0 saturated carbocycles. The molecule has 0 aliphatic heterocycles. The van der Waals surface area contributed by atoms with Gasteiger partial charge >= 0.3 is 12.1 Å². The van der Waals surface area contributed by atoms with Crippen molar-refractivity contribution in [2.75, 3.05) is 7.11 Å². The van der Waals surface area contributed by atoms with Crippen LogP contribution in [0, 0.1) is 0 Å². The Morgan fingerprint density at radius 2 is 1.78 bits per heavy atom. The molecule has 0 rings (SSSR count). The van der Waals surface area contributed by atoms with Crippen molar-refractivity contribution in [1.29, 1.82) is 0 Å². The van der Waals surface area contributed by atoms with Gasteiger partial charge in [-0.2, -0.15) is 0 Å². The summed E-state index contributed by atoms with van der Waals surface area (Å²) >= 11 is 0. The Kier molecular flexibility index (Phi) is 9.94. The molecule has 132 valence electrons. The van der Waals surface area contributed by atoms with E-state index in [9.17, 15) is 14.4 Å². The van der Waals surface area contributed by atoms with E-state index < -0.39 is 23.7 Å². The second-order valence-corrected chi connectivity index (χ2v) is 6.37. The van der Waals surface area contributed by atoms with Gasteiger partial charge in [0.15, 0.2) is 5.78 Å². The number of nitrogens with one attached hydrogen (secondary N) is 1. The van der Waals surface area contributed by atoms with Gasteiger partial charge in [-0.15, -0.1) is 0 Å². The fourth-order valence-electron chi connectivity index (χ4n) is 1.88. The second kappa shape index (κ2) is 10.8. The van der Waals surface area contributed by atoms with Crippen molar-refractivity contribution in [2.24, 2.45) is 0 Å². The monoisotopic (exact) mass is 327 g/mol. The van der Waals surface area contributed by atoms with Crippen LogP contribution in [-0.2, 0) is 19.1 Å². The second-order valence-electron chi connectivity index (χ2n) is 6.37. The average molecular weight is 327 g/mol. The Bertz CT molecular complexity index is 423. The highest BCUT2D eigenvalue weighted by Crippen LogP contribution is 2.10. The molecule has 0 heterocycles. The van der Waals surface area contributed by atoms with Crippen LogP contribution in [0.15, 0.2) is 12.2 Å². The SMILES string of the molecule is COC(=O)C(CCCCCC=CC(C)=O)NC(=O)OC(C)(C)C. The zero-order valence-electron chi connectivity index (χ0n) is 14.8. The van der Waals surface area contributed by atoms with E-state index in [0.717, 1.165) is 25.7 Å². The summed E-state index contributed by atoms with van der Waals surface area (Å²) in [5.74, 6) is -0.440. The number of hydrogen-bond donors (Lipinski definition) is 1. The summed E-state index contributed by atoms with van der Waals surface area (Å²) in [4.78, 5) is 34.2. The van der Waals surface area contributed by atoms with Crippen LogP contribution in [0.5, 0.6) is 0 Å². The Morgan fingerprint density at radius 3 is 2.30 bits per heavy atom. The Labute approximate surface area is 138 Å². The largest absolute Gasteiger partial charge is 0.467 e. The highest BCUT2D eigenvalue weighted by atomic mass is 16.6. The van der Waals surface area contributed by atoms with E-state index in [2.05, 4.69) is 5.32 Å². The minimum absolute atomic E-state index is 0.0392. The molecule has 1 amide bonds. The molecule has 0 aliphatic rings. The summed E-state index contributed by atoms with van der Waals surface area (Å²) in [6.45, 7) is 6.79. The molecule has 1 N–H and O–H groups in total. The maximum Gasteiger partial charge on any atom is 0.408 e. The Hall–Kier alpha value is -1.85. The van der Waals surface area contributed by atoms with E-state index in [0.29, 0.717) is 6.42 Å². The van der Waals surface area contributed by atoms with Gasteiger partial charge in [-0.05, 0) is 53.0 Å². The highest BCUT2D eigenvalue weighted by molar-refractivity contribution is 5.87. The van der Waals surface area contributed by atoms with Crippen LogP contribution in [0.1, 0.15) is 59.8 Å². The van der Waals surface area contributed by atoms with Crippen molar-refractivity contribution in [1.82, 2.24) is 5.32 Å². The average Bonchev–Trinajstić information content (AvgIpc) is 2.41. The van der Waals surface area contributed by atoms with Crippen LogP contribution in [0.3, 0.4) is 0 Å². The molecule has 0 fully saturated rings. The first-order chi connectivity index (χ1) is 10.7. The van der Waals surface area contributed by atoms with Gasteiger partial charge in [-0.3, -0.25) is 4.79 Å². The van der Waals surface area contributed by atoms with Gasteiger partial charge in [0.25, 0.3) is 0 Å². The number of ketones is 1. The van der Waals surface area contributed by atoms with Gasteiger partial charge in [0, 0.05) is 0 Å². The van der Waals surface area contributed by atoms with Gasteiger partial charge in [0.1, 0.15) is 11.6 Å². The Balaban J connectivity index is 4.19. The lowest BCUT2D eigenvalue weighted by atomic mass is 10.1. The molecule has 0 saturated heterocycles. The number of unbranched alkanes of at least 4 members (excludes halogenated alkanes) is 3. The van der Waals surface area contributed by atoms with Gasteiger partial charge in [0.05, 0.1) is 7.11 Å². The van der Waals surface area contributed by atoms with Crippen molar-refractivity contribution >= 4 is 17.8 Å². The normalized spacial score (nSPS) is 12.7. The predicted molar refractivity (Wildman–Crippen MR) is 88.1 cm³/mol. The molecule has 0 aromatic heterocycles. The van der Waals surface area contributed by atoms with Crippen LogP contribution in [0.4, 0.5) is 4.79 Å². The first-order valence-electron chi connectivity index (χ1n) is 7.90. The summed E-state index contributed by atoms with van der Waals surface area (Å²) in [5.41, 5.74) is -0.617. The summed E-state index contributed by atoms with van der Waals surface area (Å²) < 4.78 is 9.85. The van der Waals surface area contributed by atoms with Gasteiger partial charge in [0.2, 0.25) is 0 Å². The zero-order valence-corrected chi connectivity index (χ0v) is 14.8. The lowest BCUT2D eigenvalue weighted by molar-refractivity contribution is -0.143. The molecular weight excluding hydrogens is 298 g/mol. The molecule has 0 bridgehead atoms. The van der Waals surface area contributed by atoms with Crippen LogP contribution in [0.2, 0.25) is 0 Å². The number of rotatable bonds is 9. The summed E-state index contributed by atoms with van der Waals surface area (Å²) in [6, 6.07) is -0.706. The number of amides is 1. The maximum atomic E-state index is 11.7. The standard InChI is InChI=1S/C17H29NO5/c1-13(19)11-9-7-6-8-10-12-14(15(20)22-5)18-16(21)23-17(2,3)4/h9,11,14H,6-8,10,12H2,1-5H3,(H,18,21). The number of ether oxygens (including phenoxy) is 2. The Morgan fingerprint density at radius 1 is 1.13 bits per heavy atom. The van der Waals surface area contributed by atoms with E-state index in [4.69, 9.17) is 9.47 Å². The van der Waals surface area contributed by atoms with Crippen LogP contribution in [-0.4, -0.2) is 36.6 Å². The van der Waals surface area contributed by atoms with Crippen molar-refractivity contribution in [2.45, 2.75) is 71.4 Å². The number of esters is 1.